The average molecular weight is 239 g/mol. The van der Waals surface area contributed by atoms with E-state index in [4.69, 9.17) is 10.2 Å². The Balaban J connectivity index is 2.19. The molecule has 3 rings (SSSR count). The van der Waals surface area contributed by atoms with Gasteiger partial charge in [0.15, 0.2) is 5.58 Å². The fraction of sp³-hybridized carbons (Fsp3) is 0.143. The highest BCUT2D eigenvalue weighted by Gasteiger charge is 2.11. The molecule has 0 saturated heterocycles. The van der Waals surface area contributed by atoms with Gasteiger partial charge in [0, 0.05) is 11.4 Å². The van der Waals surface area contributed by atoms with Gasteiger partial charge in [-0.05, 0) is 44.2 Å². The number of aromatic nitrogens is 2. The smallest absolute Gasteiger partial charge is 0.229 e. The van der Waals surface area contributed by atoms with E-state index in [9.17, 15) is 0 Å². The van der Waals surface area contributed by atoms with Crippen LogP contribution in [0.3, 0.4) is 0 Å². The van der Waals surface area contributed by atoms with Crippen LogP contribution in [0.2, 0.25) is 0 Å². The van der Waals surface area contributed by atoms with Crippen LogP contribution in [0.25, 0.3) is 22.6 Å². The molecule has 0 unspecified atom stereocenters. The molecule has 0 bridgehead atoms. The van der Waals surface area contributed by atoms with Crippen molar-refractivity contribution >= 4 is 16.8 Å². The van der Waals surface area contributed by atoms with Gasteiger partial charge in [-0.25, -0.2) is 4.98 Å². The monoisotopic (exact) mass is 239 g/mol. The average Bonchev–Trinajstić information content (AvgIpc) is 2.71. The van der Waals surface area contributed by atoms with Crippen molar-refractivity contribution in [2.45, 2.75) is 13.8 Å². The third-order valence-corrected chi connectivity index (χ3v) is 2.87. The maximum Gasteiger partial charge on any atom is 0.229 e. The van der Waals surface area contributed by atoms with Crippen molar-refractivity contribution in [2.75, 3.05) is 5.73 Å². The van der Waals surface area contributed by atoms with E-state index < -0.39 is 0 Å². The van der Waals surface area contributed by atoms with Crippen molar-refractivity contribution in [3.63, 3.8) is 0 Å². The molecule has 2 heterocycles. The van der Waals surface area contributed by atoms with Crippen molar-refractivity contribution in [1.29, 1.82) is 0 Å². The largest absolute Gasteiger partial charge is 0.436 e. The summed E-state index contributed by atoms with van der Waals surface area (Å²) in [7, 11) is 0. The summed E-state index contributed by atoms with van der Waals surface area (Å²) in [5, 5.41) is 0. The normalized spacial score (nSPS) is 11.0. The number of nitrogens with zero attached hydrogens (tertiary/aromatic N) is 2. The van der Waals surface area contributed by atoms with Gasteiger partial charge < -0.3 is 10.2 Å². The molecule has 0 aliphatic rings. The summed E-state index contributed by atoms with van der Waals surface area (Å²) in [6, 6.07) is 9.37. The minimum atomic E-state index is 0.584. The quantitative estimate of drug-likeness (QED) is 0.663. The first kappa shape index (κ1) is 10.8. The van der Waals surface area contributed by atoms with Crippen molar-refractivity contribution in [1.82, 2.24) is 9.97 Å². The molecule has 0 amide bonds. The van der Waals surface area contributed by atoms with E-state index in [0.29, 0.717) is 11.6 Å². The fourth-order valence-corrected chi connectivity index (χ4v) is 1.97. The summed E-state index contributed by atoms with van der Waals surface area (Å²) < 4.78 is 5.72. The van der Waals surface area contributed by atoms with E-state index in [0.717, 1.165) is 28.1 Å². The number of anilines is 1. The Labute approximate surface area is 104 Å². The first-order valence-corrected chi connectivity index (χ1v) is 5.74. The van der Waals surface area contributed by atoms with E-state index in [1.54, 1.807) is 12.1 Å². The summed E-state index contributed by atoms with van der Waals surface area (Å²) in [5.41, 5.74) is 10.7. The predicted molar refractivity (Wildman–Crippen MR) is 71.1 cm³/mol. The minimum absolute atomic E-state index is 0.584. The first-order chi connectivity index (χ1) is 8.63. The summed E-state index contributed by atoms with van der Waals surface area (Å²) in [6.07, 6.45) is 0. The second-order valence-corrected chi connectivity index (χ2v) is 4.33. The first-order valence-electron chi connectivity index (χ1n) is 5.74. The zero-order chi connectivity index (χ0) is 12.7. The van der Waals surface area contributed by atoms with Crippen LogP contribution in [-0.4, -0.2) is 9.97 Å². The second-order valence-electron chi connectivity index (χ2n) is 4.33. The zero-order valence-electron chi connectivity index (χ0n) is 10.3. The molecule has 0 aliphatic heterocycles. The molecular weight excluding hydrogens is 226 g/mol. The Morgan fingerprint density at radius 2 is 1.89 bits per heavy atom. The maximum atomic E-state index is 5.73. The number of benzene rings is 1. The van der Waals surface area contributed by atoms with Gasteiger partial charge in [-0.2, -0.15) is 0 Å². The Kier molecular flexibility index (Phi) is 2.30. The van der Waals surface area contributed by atoms with E-state index in [2.05, 4.69) is 9.97 Å². The molecule has 0 atom stereocenters. The van der Waals surface area contributed by atoms with Crippen LogP contribution in [0, 0.1) is 13.8 Å². The summed E-state index contributed by atoms with van der Waals surface area (Å²) in [4.78, 5) is 8.86. The number of aryl methyl sites for hydroxylation is 2. The highest BCUT2D eigenvalue weighted by atomic mass is 16.3. The van der Waals surface area contributed by atoms with Gasteiger partial charge in [-0.15, -0.1) is 0 Å². The second kappa shape index (κ2) is 3.84. The predicted octanol–water partition coefficient (Wildman–Crippen LogP) is 3.09. The Bertz CT molecular complexity index is 731. The molecule has 0 aliphatic carbocycles. The van der Waals surface area contributed by atoms with Crippen LogP contribution in [0.15, 0.2) is 34.7 Å². The number of nitrogens with two attached hydrogens (primary N) is 1. The Morgan fingerprint density at radius 3 is 2.67 bits per heavy atom. The number of hydrogen-bond donors (Lipinski definition) is 1. The summed E-state index contributed by atoms with van der Waals surface area (Å²) in [6.45, 7) is 3.91. The standard InChI is InChI=1S/C14H13N3O/c1-8-3-5-11(9(2)16-8)14-17-12-7-10(15)4-6-13(12)18-14/h3-7H,15H2,1-2H3. The molecule has 0 saturated carbocycles. The molecular formula is C14H13N3O. The fourth-order valence-electron chi connectivity index (χ4n) is 1.97. The highest BCUT2D eigenvalue weighted by Crippen LogP contribution is 2.27. The summed E-state index contributed by atoms with van der Waals surface area (Å²) in [5.74, 6) is 0.584. The highest BCUT2D eigenvalue weighted by molar-refractivity contribution is 5.79. The van der Waals surface area contributed by atoms with E-state index in [1.807, 2.05) is 32.0 Å². The third kappa shape index (κ3) is 1.72. The Hall–Kier alpha value is -2.36. The number of rotatable bonds is 1. The van der Waals surface area contributed by atoms with Gasteiger partial charge in [-0.1, -0.05) is 0 Å². The van der Waals surface area contributed by atoms with Gasteiger partial charge in [0.05, 0.1) is 11.3 Å². The molecule has 3 aromatic rings. The van der Waals surface area contributed by atoms with Gasteiger partial charge in [0.1, 0.15) is 5.52 Å². The minimum Gasteiger partial charge on any atom is -0.436 e. The Morgan fingerprint density at radius 1 is 1.06 bits per heavy atom. The molecule has 2 aromatic heterocycles. The van der Waals surface area contributed by atoms with Crippen LogP contribution in [-0.2, 0) is 0 Å². The lowest BCUT2D eigenvalue weighted by atomic mass is 10.2. The van der Waals surface area contributed by atoms with Crippen molar-refractivity contribution in [3.05, 3.63) is 41.7 Å². The van der Waals surface area contributed by atoms with Crippen LogP contribution in [0.4, 0.5) is 5.69 Å². The topological polar surface area (TPSA) is 64.9 Å². The molecule has 0 spiro atoms. The number of hydrogen-bond acceptors (Lipinski definition) is 4. The molecule has 4 nitrogen and oxygen atoms in total. The van der Waals surface area contributed by atoms with Gasteiger partial charge in [0.25, 0.3) is 0 Å². The van der Waals surface area contributed by atoms with Crippen molar-refractivity contribution in [3.8, 4) is 11.5 Å². The molecule has 90 valence electrons. The lowest BCUT2D eigenvalue weighted by Crippen LogP contribution is -1.89. The van der Waals surface area contributed by atoms with Crippen molar-refractivity contribution in [2.24, 2.45) is 0 Å². The third-order valence-electron chi connectivity index (χ3n) is 2.87. The number of pyridine rings is 1. The van der Waals surface area contributed by atoms with E-state index in [1.165, 1.54) is 0 Å². The molecule has 0 radical (unpaired) electrons. The molecule has 1 aromatic carbocycles. The van der Waals surface area contributed by atoms with Crippen molar-refractivity contribution < 1.29 is 4.42 Å². The molecule has 2 N–H and O–H groups in total. The number of fused-ring (bicyclic) bond motifs is 1. The van der Waals surface area contributed by atoms with Gasteiger partial charge in [-0.3, -0.25) is 4.98 Å². The lowest BCUT2D eigenvalue weighted by molar-refractivity contribution is 0.618. The number of oxazole rings is 1. The van der Waals surface area contributed by atoms with E-state index in [-0.39, 0.29) is 0 Å². The van der Waals surface area contributed by atoms with Crippen LogP contribution < -0.4 is 5.73 Å². The molecule has 18 heavy (non-hydrogen) atoms. The van der Waals surface area contributed by atoms with Crippen LogP contribution in [0.5, 0.6) is 0 Å². The molecule has 0 fully saturated rings. The zero-order valence-corrected chi connectivity index (χ0v) is 10.3. The molecule has 4 heteroatoms. The summed E-state index contributed by atoms with van der Waals surface area (Å²) >= 11 is 0. The van der Waals surface area contributed by atoms with Gasteiger partial charge >= 0.3 is 0 Å². The van der Waals surface area contributed by atoms with Crippen LogP contribution >= 0.6 is 0 Å². The van der Waals surface area contributed by atoms with Gasteiger partial charge in [0.2, 0.25) is 5.89 Å². The SMILES string of the molecule is Cc1ccc(-c2nc3cc(N)ccc3o2)c(C)n1. The number of nitrogen functional groups attached to an aromatic ring is 1. The van der Waals surface area contributed by atoms with Crippen LogP contribution in [0.1, 0.15) is 11.4 Å². The maximum absolute atomic E-state index is 5.73. The lowest BCUT2D eigenvalue weighted by Gasteiger charge is -2.00. The van der Waals surface area contributed by atoms with E-state index >= 15 is 0 Å².